The second kappa shape index (κ2) is 11.7. The zero-order chi connectivity index (χ0) is 29.9. The van der Waals surface area contributed by atoms with Gasteiger partial charge >= 0.3 is 12.1 Å². The van der Waals surface area contributed by atoms with E-state index in [9.17, 15) is 23.2 Å². The van der Waals surface area contributed by atoms with Crippen LogP contribution in [0.15, 0.2) is 49.2 Å². The first-order valence-corrected chi connectivity index (χ1v) is 12.5. The number of halogens is 3. The van der Waals surface area contributed by atoms with Crippen LogP contribution in [0.4, 0.5) is 19.0 Å². The van der Waals surface area contributed by atoms with Gasteiger partial charge in [-0.1, -0.05) is 0 Å². The minimum atomic E-state index is -5.08. The summed E-state index contributed by atoms with van der Waals surface area (Å²) in [7, 11) is 5.51. The van der Waals surface area contributed by atoms with Crippen molar-refractivity contribution in [2.75, 3.05) is 32.1 Å². The highest BCUT2D eigenvalue weighted by atomic mass is 19.4. The van der Waals surface area contributed by atoms with Gasteiger partial charge in [0.1, 0.15) is 11.9 Å². The summed E-state index contributed by atoms with van der Waals surface area (Å²) in [5.74, 6) is -1.57. The van der Waals surface area contributed by atoms with Gasteiger partial charge in [-0.2, -0.15) is 28.6 Å². The third-order valence-corrected chi connectivity index (χ3v) is 6.68. The number of hydrogen-bond donors (Lipinski definition) is 1. The van der Waals surface area contributed by atoms with E-state index in [4.69, 9.17) is 14.9 Å². The van der Waals surface area contributed by atoms with E-state index in [1.165, 1.54) is 0 Å². The zero-order valence-corrected chi connectivity index (χ0v) is 22.5. The summed E-state index contributed by atoms with van der Waals surface area (Å²) in [4.78, 5) is 29.8. The van der Waals surface area contributed by atoms with Crippen molar-refractivity contribution < 1.29 is 27.9 Å². The molecule has 0 atom stereocenters. The molecular weight excluding hydrogens is 541 g/mol. The lowest BCUT2D eigenvalue weighted by Gasteiger charge is -2.33. The highest BCUT2D eigenvalue weighted by Gasteiger charge is 2.38. The van der Waals surface area contributed by atoms with Gasteiger partial charge in [-0.25, -0.2) is 14.3 Å². The van der Waals surface area contributed by atoms with E-state index >= 15 is 0 Å². The normalized spacial score (nSPS) is 13.8. The Hall–Kier alpha value is -4.93. The number of aromatic nitrogens is 5. The van der Waals surface area contributed by atoms with Crippen LogP contribution in [-0.2, 0) is 16.6 Å². The molecule has 0 radical (unpaired) electrons. The molecule has 0 aliphatic carbocycles. The fraction of sp³-hybridized carbons (Fsp3) is 0.333. The lowest BCUT2D eigenvalue weighted by molar-refractivity contribution is -0.192. The fourth-order valence-electron chi connectivity index (χ4n) is 4.60. The summed E-state index contributed by atoms with van der Waals surface area (Å²) in [6, 6.07) is 8.36. The van der Waals surface area contributed by atoms with Crippen molar-refractivity contribution in [2.45, 2.75) is 19.0 Å². The van der Waals surface area contributed by atoms with Crippen molar-refractivity contribution in [2.24, 2.45) is 13.0 Å². The summed E-state index contributed by atoms with van der Waals surface area (Å²) in [5, 5.41) is 25.4. The number of nitrogens with zero attached hydrogens (tertiary/aromatic N) is 8. The monoisotopic (exact) mass is 568 g/mol. The van der Waals surface area contributed by atoms with Crippen molar-refractivity contribution >= 4 is 23.2 Å². The van der Waals surface area contributed by atoms with Crippen LogP contribution in [-0.4, -0.2) is 79.6 Å². The molecule has 4 aromatic rings. The van der Waals surface area contributed by atoms with Crippen molar-refractivity contribution in [3.63, 3.8) is 0 Å². The van der Waals surface area contributed by atoms with E-state index in [1.54, 1.807) is 20.3 Å². The van der Waals surface area contributed by atoms with Gasteiger partial charge in [0, 0.05) is 81.0 Å². The molecule has 0 saturated carbocycles. The third kappa shape index (κ3) is 6.46. The van der Waals surface area contributed by atoms with E-state index in [2.05, 4.69) is 27.2 Å². The Labute approximate surface area is 233 Å². The predicted octanol–water partition coefficient (Wildman–Crippen LogP) is 3.61. The summed E-state index contributed by atoms with van der Waals surface area (Å²) in [5.41, 5.74) is 5.01. The number of anilines is 1. The van der Waals surface area contributed by atoms with Gasteiger partial charge in [-0.3, -0.25) is 9.48 Å². The second-order valence-electron chi connectivity index (χ2n) is 9.71. The number of carbonyl (C=O) groups excluding carboxylic acids is 1. The zero-order valence-electron chi connectivity index (χ0n) is 22.5. The Bertz CT molecular complexity index is 1590. The average molecular weight is 569 g/mol. The molecule has 1 aliphatic heterocycles. The number of rotatable bonds is 4. The Morgan fingerprint density at radius 2 is 1.73 bits per heavy atom. The number of pyridine rings is 2. The smallest absolute Gasteiger partial charge is 0.475 e. The molecule has 14 heteroatoms. The Kier molecular flexibility index (Phi) is 8.27. The first-order chi connectivity index (χ1) is 19.4. The number of carboxylic acid groups (broad SMARTS) is 1. The number of nitriles is 1. The molecule has 5 heterocycles. The van der Waals surface area contributed by atoms with Crippen LogP contribution in [0, 0.1) is 17.2 Å². The van der Waals surface area contributed by atoms with Crippen molar-refractivity contribution in [1.29, 1.82) is 5.26 Å². The largest absolute Gasteiger partial charge is 0.490 e. The standard InChI is InChI=1S/C25H26N8O.C2HF3O2/c1-30(2)25(34)17-6-8-32(9-7-17)23-5-4-18(12-27-23)22-10-19(21-14-28-31(3)15-21)16-33-24(22)20(11-26)13-29-33;3-2(4,5)1(6)7/h4-5,10,12-17H,6-9H2,1-3H3;(H,6,7). The van der Waals surface area contributed by atoms with Gasteiger partial charge < -0.3 is 14.9 Å². The van der Waals surface area contributed by atoms with Gasteiger partial charge in [-0.05, 0) is 31.0 Å². The first-order valence-electron chi connectivity index (χ1n) is 12.5. The Balaban J connectivity index is 0.000000493. The molecule has 4 aromatic heterocycles. The van der Waals surface area contributed by atoms with Gasteiger partial charge in [-0.15, -0.1) is 0 Å². The lowest BCUT2D eigenvalue weighted by atomic mass is 9.95. The summed E-state index contributed by atoms with van der Waals surface area (Å²) < 4.78 is 35.2. The summed E-state index contributed by atoms with van der Waals surface area (Å²) >= 11 is 0. The van der Waals surface area contributed by atoms with E-state index in [0.717, 1.165) is 59.5 Å². The molecule has 1 N–H and O–H groups in total. The predicted molar refractivity (Wildman–Crippen MR) is 143 cm³/mol. The van der Waals surface area contributed by atoms with Gasteiger partial charge in [0.05, 0.1) is 23.5 Å². The molecule has 1 fully saturated rings. The van der Waals surface area contributed by atoms with Crippen LogP contribution in [0.3, 0.4) is 0 Å². The SMILES string of the molecule is CN(C)C(=O)C1CCN(c2ccc(-c3cc(-c4cnn(C)c4)cn4ncc(C#N)c34)cn2)CC1.O=C(O)C(F)(F)F. The number of fused-ring (bicyclic) bond motifs is 1. The molecule has 5 rings (SSSR count). The third-order valence-electron chi connectivity index (χ3n) is 6.68. The molecule has 0 bridgehead atoms. The number of amides is 1. The highest BCUT2D eigenvalue weighted by Crippen LogP contribution is 2.32. The lowest BCUT2D eigenvalue weighted by Crippen LogP contribution is -2.40. The van der Waals surface area contributed by atoms with Crippen molar-refractivity contribution in [3.05, 3.63) is 54.7 Å². The molecule has 1 aliphatic rings. The minimum absolute atomic E-state index is 0.0836. The number of hydrogen-bond acceptors (Lipinski definition) is 7. The van der Waals surface area contributed by atoms with Crippen LogP contribution in [0.2, 0.25) is 0 Å². The van der Waals surface area contributed by atoms with E-state index < -0.39 is 12.1 Å². The van der Waals surface area contributed by atoms with Crippen LogP contribution in [0.25, 0.3) is 27.8 Å². The number of aryl methyl sites for hydroxylation is 1. The molecular formula is C27H27F3N8O3. The Morgan fingerprint density at radius 3 is 2.24 bits per heavy atom. The number of carbonyl (C=O) groups is 2. The van der Waals surface area contributed by atoms with E-state index in [1.807, 2.05) is 58.1 Å². The maximum atomic E-state index is 12.3. The molecule has 41 heavy (non-hydrogen) atoms. The topological polar surface area (TPSA) is 133 Å². The van der Waals surface area contributed by atoms with Crippen LogP contribution >= 0.6 is 0 Å². The number of piperidine rings is 1. The summed E-state index contributed by atoms with van der Waals surface area (Å²) in [6.07, 6.45) is 5.69. The number of carboxylic acids is 1. The molecule has 0 unspecified atom stereocenters. The Morgan fingerprint density at radius 1 is 1.05 bits per heavy atom. The highest BCUT2D eigenvalue weighted by molar-refractivity contribution is 5.87. The average Bonchev–Trinajstić information content (AvgIpc) is 3.58. The van der Waals surface area contributed by atoms with E-state index in [-0.39, 0.29) is 11.8 Å². The maximum absolute atomic E-state index is 12.3. The molecule has 0 aromatic carbocycles. The number of aliphatic carboxylic acids is 1. The van der Waals surface area contributed by atoms with Crippen molar-refractivity contribution in [1.82, 2.24) is 29.3 Å². The first kappa shape index (κ1) is 29.1. The van der Waals surface area contributed by atoms with E-state index in [0.29, 0.717) is 5.56 Å². The second-order valence-corrected chi connectivity index (χ2v) is 9.71. The minimum Gasteiger partial charge on any atom is -0.475 e. The molecule has 1 amide bonds. The van der Waals surface area contributed by atoms with Gasteiger partial charge in [0.2, 0.25) is 5.91 Å². The molecule has 0 spiro atoms. The van der Waals surface area contributed by atoms with Crippen LogP contribution in [0.5, 0.6) is 0 Å². The molecule has 1 saturated heterocycles. The van der Waals surface area contributed by atoms with Gasteiger partial charge in [0.15, 0.2) is 0 Å². The molecule has 214 valence electrons. The fourth-order valence-corrected chi connectivity index (χ4v) is 4.60. The maximum Gasteiger partial charge on any atom is 0.490 e. The number of alkyl halides is 3. The van der Waals surface area contributed by atoms with Gasteiger partial charge in [0.25, 0.3) is 0 Å². The summed E-state index contributed by atoms with van der Waals surface area (Å²) in [6.45, 7) is 1.61. The van der Waals surface area contributed by atoms with Crippen LogP contribution < -0.4 is 4.90 Å². The quantitative estimate of drug-likeness (QED) is 0.395. The van der Waals surface area contributed by atoms with Crippen LogP contribution in [0.1, 0.15) is 18.4 Å². The van der Waals surface area contributed by atoms with Crippen molar-refractivity contribution in [3.8, 4) is 28.3 Å². The molecule has 11 nitrogen and oxygen atoms in total.